The van der Waals surface area contributed by atoms with Crippen LogP contribution in [0.15, 0.2) is 47.6 Å². The van der Waals surface area contributed by atoms with Gasteiger partial charge in [-0.1, -0.05) is 11.6 Å². The molecule has 1 aliphatic rings. The van der Waals surface area contributed by atoms with Crippen molar-refractivity contribution in [1.82, 2.24) is 25.4 Å². The number of anilines is 2. The minimum atomic E-state index is -0.466. The number of hydrogen-bond acceptors (Lipinski definition) is 9. The zero-order chi connectivity index (χ0) is 25.5. The largest absolute Gasteiger partial charge is 0.396 e. The van der Waals surface area contributed by atoms with Crippen molar-refractivity contribution >= 4 is 40.6 Å². The molecule has 3 aromatic rings. The molecule has 3 heterocycles. The fourth-order valence-electron chi connectivity index (χ4n) is 4.01. The van der Waals surface area contributed by atoms with E-state index in [-0.39, 0.29) is 24.6 Å². The van der Waals surface area contributed by atoms with Gasteiger partial charge in [-0.05, 0) is 36.4 Å². The van der Waals surface area contributed by atoms with Crippen LogP contribution in [-0.4, -0.2) is 69.6 Å². The summed E-state index contributed by atoms with van der Waals surface area (Å²) in [5, 5.41) is 25.3. The number of pyridine rings is 1. The van der Waals surface area contributed by atoms with Crippen LogP contribution in [0.4, 0.5) is 15.8 Å². The van der Waals surface area contributed by atoms with Gasteiger partial charge in [-0.25, -0.2) is 4.39 Å². The van der Waals surface area contributed by atoms with Crippen molar-refractivity contribution in [1.29, 1.82) is 0 Å². The van der Waals surface area contributed by atoms with Crippen LogP contribution in [-0.2, 0) is 4.79 Å². The van der Waals surface area contributed by atoms with Crippen molar-refractivity contribution in [2.24, 2.45) is 5.73 Å². The fourth-order valence-corrected chi connectivity index (χ4v) is 4.83. The van der Waals surface area contributed by atoms with E-state index in [0.29, 0.717) is 38.6 Å². The van der Waals surface area contributed by atoms with Crippen LogP contribution in [0, 0.1) is 5.82 Å². The van der Waals surface area contributed by atoms with Crippen LogP contribution in [0.3, 0.4) is 0 Å². The molecule has 1 amide bonds. The normalized spacial score (nSPS) is 15.0. The second-order valence-electron chi connectivity index (χ2n) is 8.21. The number of halogens is 2. The number of primary amides is 1. The maximum atomic E-state index is 14.5. The van der Waals surface area contributed by atoms with Crippen molar-refractivity contribution in [2.75, 3.05) is 43.9 Å². The molecular weight excluding hydrogens is 505 g/mol. The van der Waals surface area contributed by atoms with Crippen LogP contribution in [0.25, 0.3) is 11.3 Å². The molecule has 9 nitrogen and oxygen atoms in total. The number of nitrogens with zero attached hydrogens (tertiary/aromatic N) is 4. The molecule has 36 heavy (non-hydrogen) atoms. The molecule has 1 unspecified atom stereocenters. The third kappa shape index (κ3) is 6.68. The molecule has 1 fully saturated rings. The SMILES string of the molecule is NC(=O)CC(c1cc(Nc2cc(-c3cc(Cl)ccc3F)nnc2SCCO)ccn1)N1CCNCC1. The summed E-state index contributed by atoms with van der Waals surface area (Å²) in [5.41, 5.74) is 8.11. The van der Waals surface area contributed by atoms with Crippen molar-refractivity contribution in [3.63, 3.8) is 0 Å². The molecular formula is C24H27ClFN7O2S. The Morgan fingerprint density at radius 1 is 1.25 bits per heavy atom. The fraction of sp³-hybridized carbons (Fsp3) is 0.333. The Bertz CT molecular complexity index is 1210. The molecule has 12 heteroatoms. The summed E-state index contributed by atoms with van der Waals surface area (Å²) in [6.07, 6.45) is 1.82. The Balaban J connectivity index is 1.67. The lowest BCUT2D eigenvalue weighted by Gasteiger charge is -2.34. The molecule has 0 spiro atoms. The summed E-state index contributed by atoms with van der Waals surface area (Å²) in [5.74, 6) is -0.445. The van der Waals surface area contributed by atoms with Gasteiger partial charge in [0.1, 0.15) is 10.8 Å². The number of carbonyl (C=O) groups excluding carboxylic acids is 1. The lowest BCUT2D eigenvalue weighted by atomic mass is 10.1. The molecule has 5 N–H and O–H groups in total. The predicted octanol–water partition coefficient (Wildman–Crippen LogP) is 2.98. The highest BCUT2D eigenvalue weighted by atomic mass is 35.5. The Morgan fingerprint density at radius 2 is 2.06 bits per heavy atom. The predicted molar refractivity (Wildman–Crippen MR) is 139 cm³/mol. The number of hydrogen-bond donors (Lipinski definition) is 4. The highest BCUT2D eigenvalue weighted by Gasteiger charge is 2.25. The minimum Gasteiger partial charge on any atom is -0.396 e. The Hall–Kier alpha value is -2.83. The van der Waals surface area contributed by atoms with Gasteiger partial charge in [-0.15, -0.1) is 22.0 Å². The summed E-state index contributed by atoms with van der Waals surface area (Å²) in [7, 11) is 0. The minimum absolute atomic E-state index is 0.0324. The van der Waals surface area contributed by atoms with E-state index >= 15 is 0 Å². The lowest BCUT2D eigenvalue weighted by molar-refractivity contribution is -0.119. The molecule has 1 aromatic carbocycles. The number of aliphatic hydroxyl groups is 1. The van der Waals surface area contributed by atoms with Crippen molar-refractivity contribution in [3.8, 4) is 11.3 Å². The van der Waals surface area contributed by atoms with Gasteiger partial charge in [0.2, 0.25) is 5.91 Å². The monoisotopic (exact) mass is 531 g/mol. The Morgan fingerprint density at radius 3 is 2.81 bits per heavy atom. The molecule has 1 atom stereocenters. The van der Waals surface area contributed by atoms with Gasteiger partial charge in [0.05, 0.1) is 29.7 Å². The number of rotatable bonds is 10. The van der Waals surface area contributed by atoms with Crippen LogP contribution >= 0.6 is 23.4 Å². The van der Waals surface area contributed by atoms with E-state index in [1.807, 2.05) is 6.07 Å². The number of aromatic nitrogens is 3. The number of amides is 1. The van der Waals surface area contributed by atoms with E-state index in [0.717, 1.165) is 26.2 Å². The zero-order valence-corrected chi connectivity index (χ0v) is 21.0. The average molecular weight is 532 g/mol. The number of nitrogens with one attached hydrogen (secondary N) is 2. The van der Waals surface area contributed by atoms with E-state index < -0.39 is 11.7 Å². The van der Waals surface area contributed by atoms with Crippen molar-refractivity contribution in [3.05, 3.63) is 59.1 Å². The second-order valence-corrected chi connectivity index (χ2v) is 9.73. The number of benzene rings is 1. The average Bonchev–Trinajstić information content (AvgIpc) is 2.88. The summed E-state index contributed by atoms with van der Waals surface area (Å²) in [6.45, 7) is 3.17. The number of aliphatic hydroxyl groups excluding tert-OH is 1. The van der Waals surface area contributed by atoms with Crippen LogP contribution in [0.5, 0.6) is 0 Å². The number of carbonyl (C=O) groups is 1. The summed E-state index contributed by atoms with van der Waals surface area (Å²) in [6, 6.07) is 9.36. The first kappa shape index (κ1) is 26.2. The highest BCUT2D eigenvalue weighted by Crippen LogP contribution is 2.33. The van der Waals surface area contributed by atoms with E-state index in [9.17, 15) is 14.3 Å². The second kappa shape index (κ2) is 12.4. The Labute approximate surface area is 217 Å². The lowest BCUT2D eigenvalue weighted by Crippen LogP contribution is -2.46. The molecule has 190 valence electrons. The van der Waals surface area contributed by atoms with E-state index in [1.165, 1.54) is 30.0 Å². The standard InChI is InChI=1S/C24H27ClFN7O2S/c25-15-1-2-18(26)17(11-15)19-13-21(24(32-31-19)36-10-9-34)30-16-3-4-29-20(12-16)22(14-23(27)35)33-7-5-28-6-8-33/h1-4,11-13,22,28,34H,5-10,14H2,(H2,27,35)(H,29,30,31). The summed E-state index contributed by atoms with van der Waals surface area (Å²) >= 11 is 7.39. The molecule has 0 saturated carbocycles. The maximum absolute atomic E-state index is 14.5. The Kier molecular flexibility index (Phi) is 9.05. The van der Waals surface area contributed by atoms with Crippen molar-refractivity contribution in [2.45, 2.75) is 17.5 Å². The van der Waals surface area contributed by atoms with E-state index in [2.05, 4.69) is 30.7 Å². The third-order valence-corrected chi connectivity index (χ3v) is 6.88. The maximum Gasteiger partial charge on any atom is 0.219 e. The molecule has 0 aliphatic carbocycles. The van der Waals surface area contributed by atoms with Gasteiger partial charge in [0.15, 0.2) is 0 Å². The molecule has 0 bridgehead atoms. The van der Waals surface area contributed by atoms with Gasteiger partial charge in [0.25, 0.3) is 0 Å². The topological polar surface area (TPSA) is 129 Å². The van der Waals surface area contributed by atoms with Crippen LogP contribution < -0.4 is 16.4 Å². The van der Waals surface area contributed by atoms with E-state index in [4.69, 9.17) is 17.3 Å². The van der Waals surface area contributed by atoms with Gasteiger partial charge in [0, 0.05) is 60.8 Å². The van der Waals surface area contributed by atoms with Crippen LogP contribution in [0.1, 0.15) is 18.2 Å². The first-order valence-corrected chi connectivity index (χ1v) is 12.8. The number of piperazine rings is 1. The van der Waals surface area contributed by atoms with Gasteiger partial charge in [-0.3, -0.25) is 14.7 Å². The third-order valence-electron chi connectivity index (χ3n) is 5.68. The molecule has 2 aromatic heterocycles. The summed E-state index contributed by atoms with van der Waals surface area (Å²) in [4.78, 5) is 18.6. The molecule has 1 saturated heterocycles. The molecule has 4 rings (SSSR count). The quantitative estimate of drug-likeness (QED) is 0.292. The van der Waals surface area contributed by atoms with Gasteiger partial charge < -0.3 is 21.5 Å². The summed E-state index contributed by atoms with van der Waals surface area (Å²) < 4.78 is 14.5. The first-order valence-electron chi connectivity index (χ1n) is 11.5. The highest BCUT2D eigenvalue weighted by molar-refractivity contribution is 7.99. The van der Waals surface area contributed by atoms with E-state index in [1.54, 1.807) is 18.3 Å². The molecule has 1 aliphatic heterocycles. The number of thioether (sulfide) groups is 1. The molecule has 0 radical (unpaired) electrons. The van der Waals surface area contributed by atoms with Gasteiger partial charge >= 0.3 is 0 Å². The van der Waals surface area contributed by atoms with Crippen LogP contribution in [0.2, 0.25) is 5.02 Å². The zero-order valence-electron chi connectivity index (χ0n) is 19.5. The number of nitrogens with two attached hydrogens (primary N) is 1. The smallest absolute Gasteiger partial charge is 0.219 e. The van der Waals surface area contributed by atoms with Crippen molar-refractivity contribution < 1.29 is 14.3 Å². The van der Waals surface area contributed by atoms with Gasteiger partial charge in [-0.2, -0.15) is 0 Å². The first-order chi connectivity index (χ1) is 17.4.